The fourth-order valence-corrected chi connectivity index (χ4v) is 4.08. The Hall–Kier alpha value is -3.46. The predicted octanol–water partition coefficient (Wildman–Crippen LogP) is 3.69. The van der Waals surface area contributed by atoms with Crippen LogP contribution in [0.1, 0.15) is 59.5 Å². The van der Waals surface area contributed by atoms with Gasteiger partial charge in [-0.2, -0.15) is 10.2 Å². The van der Waals surface area contributed by atoms with Gasteiger partial charge in [0.1, 0.15) is 11.4 Å². The van der Waals surface area contributed by atoms with E-state index in [1.165, 1.54) is 4.68 Å². The lowest BCUT2D eigenvalue weighted by molar-refractivity contribution is 0.101. The Bertz CT molecular complexity index is 1120. The molecular formula is C23H28N6O3. The Balaban J connectivity index is 1.37. The van der Waals surface area contributed by atoms with Gasteiger partial charge in [0.2, 0.25) is 0 Å². The molecule has 3 aromatic rings. The molecule has 1 aliphatic carbocycles. The third-order valence-electron chi connectivity index (χ3n) is 5.66. The molecule has 32 heavy (non-hydrogen) atoms. The van der Waals surface area contributed by atoms with Crippen molar-refractivity contribution < 1.29 is 14.3 Å². The fraction of sp³-hybridized carbons (Fsp3) is 0.391. The molecule has 1 aliphatic rings. The number of anilines is 1. The van der Waals surface area contributed by atoms with Crippen LogP contribution in [-0.2, 0) is 18.4 Å². The Kier molecular flexibility index (Phi) is 6.36. The van der Waals surface area contributed by atoms with Crippen LogP contribution in [-0.4, -0.2) is 44.1 Å². The van der Waals surface area contributed by atoms with Gasteiger partial charge in [0.05, 0.1) is 24.6 Å². The summed E-state index contributed by atoms with van der Waals surface area (Å²) in [5.74, 6) is 1.28. The summed E-state index contributed by atoms with van der Waals surface area (Å²) in [5.41, 5.74) is 4.07. The van der Waals surface area contributed by atoms with E-state index in [-0.39, 0.29) is 17.9 Å². The number of hydrogen-bond donors (Lipinski definition) is 2. The van der Waals surface area contributed by atoms with Crippen molar-refractivity contribution in [2.45, 2.75) is 44.8 Å². The molecular weight excluding hydrogens is 408 g/mol. The van der Waals surface area contributed by atoms with Gasteiger partial charge < -0.3 is 14.8 Å². The third-order valence-corrected chi connectivity index (χ3v) is 5.66. The van der Waals surface area contributed by atoms with Crippen LogP contribution < -0.4 is 10.1 Å². The Morgan fingerprint density at radius 3 is 3.00 bits per heavy atom. The molecule has 3 heterocycles. The van der Waals surface area contributed by atoms with Crippen molar-refractivity contribution in [3.8, 4) is 5.75 Å². The van der Waals surface area contributed by atoms with E-state index in [1.54, 1.807) is 32.6 Å². The monoisotopic (exact) mass is 436 g/mol. The van der Waals surface area contributed by atoms with E-state index in [4.69, 9.17) is 9.47 Å². The van der Waals surface area contributed by atoms with Gasteiger partial charge in [-0.05, 0) is 43.9 Å². The number of carbonyl (C=O) groups excluding carboxylic acids is 1. The molecule has 0 bridgehead atoms. The van der Waals surface area contributed by atoms with Gasteiger partial charge in [-0.1, -0.05) is 6.58 Å². The fourth-order valence-electron chi connectivity index (χ4n) is 4.08. The van der Waals surface area contributed by atoms with Gasteiger partial charge in [0.25, 0.3) is 5.91 Å². The maximum Gasteiger partial charge on any atom is 0.275 e. The zero-order valence-electron chi connectivity index (χ0n) is 18.6. The topological polar surface area (TPSA) is 107 Å². The predicted molar refractivity (Wildman–Crippen MR) is 120 cm³/mol. The number of pyridine rings is 1. The molecule has 1 amide bonds. The second kappa shape index (κ2) is 9.35. The van der Waals surface area contributed by atoms with Crippen molar-refractivity contribution in [1.29, 1.82) is 0 Å². The molecule has 168 valence electrons. The van der Waals surface area contributed by atoms with Crippen LogP contribution in [0, 0.1) is 0 Å². The number of allylic oxidation sites excluding steroid dienone is 1. The number of aromatic amines is 1. The molecule has 4 rings (SSSR count). The van der Waals surface area contributed by atoms with Crippen molar-refractivity contribution in [1.82, 2.24) is 25.0 Å². The van der Waals surface area contributed by atoms with Crippen LogP contribution in [0.4, 0.5) is 5.82 Å². The van der Waals surface area contributed by atoms with E-state index in [1.807, 2.05) is 19.1 Å². The minimum absolute atomic E-state index is 0.0947. The third kappa shape index (κ3) is 4.72. The minimum atomic E-state index is -0.267. The van der Waals surface area contributed by atoms with E-state index in [9.17, 15) is 4.79 Å². The van der Waals surface area contributed by atoms with Gasteiger partial charge in [-0.15, -0.1) is 0 Å². The highest BCUT2D eigenvalue weighted by Gasteiger charge is 2.29. The van der Waals surface area contributed by atoms with Gasteiger partial charge >= 0.3 is 0 Å². The number of hydrogen-bond acceptors (Lipinski definition) is 6. The van der Waals surface area contributed by atoms with E-state index in [2.05, 4.69) is 32.2 Å². The van der Waals surface area contributed by atoms with Crippen molar-refractivity contribution in [3.63, 3.8) is 0 Å². The Morgan fingerprint density at radius 2 is 2.22 bits per heavy atom. The molecule has 0 spiro atoms. The first-order valence-corrected chi connectivity index (χ1v) is 10.6. The SMILES string of the molecule is C=C(C)c1ccncc1O[C@H]1CC[C@@H](c2cc(NC(=O)c3cc(COC)nn3C)n[nH]2)C1. The van der Waals surface area contributed by atoms with Gasteiger partial charge in [-0.3, -0.25) is 19.6 Å². The average Bonchev–Trinajstić information content (AvgIpc) is 3.49. The summed E-state index contributed by atoms with van der Waals surface area (Å²) in [6.07, 6.45) is 6.37. The summed E-state index contributed by atoms with van der Waals surface area (Å²) in [7, 11) is 3.32. The average molecular weight is 437 g/mol. The first kappa shape index (κ1) is 21.8. The molecule has 1 fully saturated rings. The van der Waals surface area contributed by atoms with Crippen molar-refractivity contribution in [2.24, 2.45) is 7.05 Å². The number of carbonyl (C=O) groups is 1. The van der Waals surface area contributed by atoms with Crippen molar-refractivity contribution in [2.75, 3.05) is 12.4 Å². The highest BCUT2D eigenvalue weighted by atomic mass is 16.5. The van der Waals surface area contributed by atoms with E-state index in [0.717, 1.165) is 41.8 Å². The highest BCUT2D eigenvalue weighted by Crippen LogP contribution is 2.37. The smallest absolute Gasteiger partial charge is 0.275 e. The molecule has 9 nitrogen and oxygen atoms in total. The molecule has 0 aliphatic heterocycles. The summed E-state index contributed by atoms with van der Waals surface area (Å²) in [4.78, 5) is 16.8. The first-order valence-electron chi connectivity index (χ1n) is 10.6. The van der Waals surface area contributed by atoms with Crippen LogP contribution in [0.5, 0.6) is 5.75 Å². The lowest BCUT2D eigenvalue weighted by Gasteiger charge is -2.16. The summed E-state index contributed by atoms with van der Waals surface area (Å²) >= 11 is 0. The Labute approximate surface area is 186 Å². The van der Waals surface area contributed by atoms with Gasteiger partial charge in [0.15, 0.2) is 5.82 Å². The maximum atomic E-state index is 12.6. The molecule has 0 unspecified atom stereocenters. The zero-order valence-corrected chi connectivity index (χ0v) is 18.6. The number of amides is 1. The normalized spacial score (nSPS) is 18.0. The lowest BCUT2D eigenvalue weighted by atomic mass is 10.0. The summed E-state index contributed by atoms with van der Waals surface area (Å²) in [5, 5.41) is 14.4. The van der Waals surface area contributed by atoms with Crippen LogP contribution in [0.15, 0.2) is 37.2 Å². The van der Waals surface area contributed by atoms with E-state index >= 15 is 0 Å². The standard InChI is InChI=1S/C23H28N6O3/c1-14(2)18-7-8-24-12-21(18)32-17-6-5-15(9-17)19-11-22(27-26-19)25-23(30)20-10-16(13-31-4)28-29(20)3/h7-8,10-12,15,17H,1,5-6,9,13H2,2-4H3,(H2,25,26,27,30)/t15-,17+/m1/s1. The zero-order chi connectivity index (χ0) is 22.7. The van der Waals surface area contributed by atoms with E-state index in [0.29, 0.717) is 23.8 Å². The summed E-state index contributed by atoms with van der Waals surface area (Å²) in [6, 6.07) is 5.53. The Morgan fingerprint density at radius 1 is 1.38 bits per heavy atom. The second-order valence-electron chi connectivity index (χ2n) is 8.14. The summed E-state index contributed by atoms with van der Waals surface area (Å²) < 4.78 is 12.8. The van der Waals surface area contributed by atoms with Crippen LogP contribution in [0.25, 0.3) is 5.57 Å². The molecule has 3 aromatic heterocycles. The number of rotatable bonds is 8. The van der Waals surface area contributed by atoms with Crippen molar-refractivity contribution >= 4 is 17.3 Å². The number of H-pyrrole nitrogens is 1. The number of ether oxygens (including phenoxy) is 2. The molecule has 1 saturated carbocycles. The molecule has 0 aromatic carbocycles. The second-order valence-corrected chi connectivity index (χ2v) is 8.14. The highest BCUT2D eigenvalue weighted by molar-refractivity contribution is 6.02. The van der Waals surface area contributed by atoms with Crippen LogP contribution in [0.2, 0.25) is 0 Å². The largest absolute Gasteiger partial charge is 0.488 e. The van der Waals surface area contributed by atoms with Gasteiger partial charge in [-0.25, -0.2) is 0 Å². The number of nitrogens with one attached hydrogen (secondary N) is 2. The van der Waals surface area contributed by atoms with Gasteiger partial charge in [0, 0.05) is 43.6 Å². The molecule has 0 saturated heterocycles. The lowest BCUT2D eigenvalue weighted by Crippen LogP contribution is -2.16. The van der Waals surface area contributed by atoms with Crippen LogP contribution in [0.3, 0.4) is 0 Å². The first-order chi connectivity index (χ1) is 15.4. The van der Waals surface area contributed by atoms with Crippen LogP contribution >= 0.6 is 0 Å². The number of methoxy groups -OCH3 is 1. The summed E-state index contributed by atoms with van der Waals surface area (Å²) in [6.45, 7) is 6.34. The molecule has 2 N–H and O–H groups in total. The molecule has 2 atom stereocenters. The number of aromatic nitrogens is 5. The van der Waals surface area contributed by atoms with Crippen molar-refractivity contribution in [3.05, 3.63) is 59.8 Å². The number of aryl methyl sites for hydroxylation is 1. The quantitative estimate of drug-likeness (QED) is 0.558. The minimum Gasteiger partial charge on any atom is -0.488 e. The number of nitrogens with zero attached hydrogens (tertiary/aromatic N) is 4. The maximum absolute atomic E-state index is 12.6. The van der Waals surface area contributed by atoms with E-state index < -0.39 is 0 Å². The molecule has 0 radical (unpaired) electrons. The molecule has 9 heteroatoms.